The molecular weight excluding hydrogens is 172 g/mol. The molecule has 0 saturated heterocycles. The zero-order chi connectivity index (χ0) is 9.42. The minimum atomic E-state index is -0.976. The lowest BCUT2D eigenvalue weighted by atomic mass is 10.1. The Hall–Kier alpha value is -1.71. The molecule has 1 aliphatic rings. The van der Waals surface area contributed by atoms with Gasteiger partial charge in [-0.15, -0.1) is 0 Å². The molecule has 68 valence electrons. The maximum atomic E-state index is 10.6. The SMILES string of the molecule is O=C(O)[C@@H]1Cc2ccc(O)cc2O1. The summed E-state index contributed by atoms with van der Waals surface area (Å²) in [6.07, 6.45) is -0.443. The second-order valence-corrected chi connectivity index (χ2v) is 2.94. The van der Waals surface area contributed by atoms with Crippen LogP contribution in [0.4, 0.5) is 0 Å². The summed E-state index contributed by atoms with van der Waals surface area (Å²) in [5, 5.41) is 17.8. The Bertz CT molecular complexity index is 359. The van der Waals surface area contributed by atoms with E-state index < -0.39 is 12.1 Å². The van der Waals surface area contributed by atoms with E-state index in [1.807, 2.05) is 0 Å². The van der Waals surface area contributed by atoms with Gasteiger partial charge in [-0.05, 0) is 11.6 Å². The van der Waals surface area contributed by atoms with E-state index in [9.17, 15) is 4.79 Å². The molecule has 0 radical (unpaired) electrons. The van der Waals surface area contributed by atoms with Crippen molar-refractivity contribution in [2.75, 3.05) is 0 Å². The van der Waals surface area contributed by atoms with Gasteiger partial charge in [0.2, 0.25) is 0 Å². The molecule has 1 atom stereocenters. The third-order valence-corrected chi connectivity index (χ3v) is 2.00. The first kappa shape index (κ1) is 7.91. The summed E-state index contributed by atoms with van der Waals surface area (Å²) >= 11 is 0. The molecule has 13 heavy (non-hydrogen) atoms. The summed E-state index contributed by atoms with van der Waals surface area (Å²) in [4.78, 5) is 10.6. The highest BCUT2D eigenvalue weighted by Crippen LogP contribution is 2.31. The number of ether oxygens (including phenoxy) is 1. The van der Waals surface area contributed by atoms with Crippen LogP contribution in [-0.2, 0) is 11.2 Å². The second kappa shape index (κ2) is 2.65. The van der Waals surface area contributed by atoms with Gasteiger partial charge in [0.05, 0.1) is 0 Å². The zero-order valence-corrected chi connectivity index (χ0v) is 6.73. The van der Waals surface area contributed by atoms with Crippen molar-refractivity contribution < 1.29 is 19.7 Å². The fourth-order valence-corrected chi connectivity index (χ4v) is 1.35. The summed E-state index contributed by atoms with van der Waals surface area (Å²) in [6.45, 7) is 0. The Balaban J connectivity index is 2.30. The standard InChI is InChI=1S/C9H8O4/c10-6-2-1-5-3-8(9(11)12)13-7(5)4-6/h1-2,4,8,10H,3H2,(H,11,12)/t8-/m0/s1. The van der Waals surface area contributed by atoms with Crippen molar-refractivity contribution >= 4 is 5.97 Å². The molecule has 1 heterocycles. The van der Waals surface area contributed by atoms with Crippen LogP contribution < -0.4 is 4.74 Å². The normalized spacial score (nSPS) is 19.2. The number of hydrogen-bond acceptors (Lipinski definition) is 3. The van der Waals surface area contributed by atoms with Crippen molar-refractivity contribution in [3.8, 4) is 11.5 Å². The Morgan fingerprint density at radius 3 is 3.00 bits per heavy atom. The van der Waals surface area contributed by atoms with Crippen molar-refractivity contribution in [1.82, 2.24) is 0 Å². The fraction of sp³-hybridized carbons (Fsp3) is 0.222. The lowest BCUT2D eigenvalue weighted by molar-refractivity contribution is -0.144. The number of phenols is 1. The van der Waals surface area contributed by atoms with Crippen LogP contribution in [0.2, 0.25) is 0 Å². The molecule has 0 spiro atoms. The Labute approximate surface area is 74.4 Å². The minimum absolute atomic E-state index is 0.0878. The van der Waals surface area contributed by atoms with Gasteiger partial charge in [0.1, 0.15) is 11.5 Å². The number of carbonyl (C=O) groups is 1. The lowest BCUT2D eigenvalue weighted by Gasteiger charge is -2.03. The molecule has 1 aromatic rings. The molecule has 4 heteroatoms. The van der Waals surface area contributed by atoms with Crippen LogP contribution in [-0.4, -0.2) is 22.3 Å². The quantitative estimate of drug-likeness (QED) is 0.670. The van der Waals surface area contributed by atoms with E-state index >= 15 is 0 Å². The van der Waals surface area contributed by atoms with Crippen LogP contribution in [0.25, 0.3) is 0 Å². The highest BCUT2D eigenvalue weighted by atomic mass is 16.5. The van der Waals surface area contributed by atoms with Crippen molar-refractivity contribution in [2.45, 2.75) is 12.5 Å². The van der Waals surface area contributed by atoms with E-state index in [-0.39, 0.29) is 5.75 Å². The molecule has 0 saturated carbocycles. The molecule has 0 unspecified atom stereocenters. The Morgan fingerprint density at radius 2 is 2.31 bits per heavy atom. The van der Waals surface area contributed by atoms with E-state index in [2.05, 4.69) is 0 Å². The minimum Gasteiger partial charge on any atom is -0.508 e. The third kappa shape index (κ3) is 1.30. The lowest BCUT2D eigenvalue weighted by Crippen LogP contribution is -2.24. The van der Waals surface area contributed by atoms with Crippen molar-refractivity contribution in [3.05, 3.63) is 23.8 Å². The maximum Gasteiger partial charge on any atom is 0.345 e. The maximum absolute atomic E-state index is 10.6. The van der Waals surface area contributed by atoms with Gasteiger partial charge in [0, 0.05) is 12.5 Å². The monoisotopic (exact) mass is 180 g/mol. The topological polar surface area (TPSA) is 66.8 Å². The molecule has 0 bridgehead atoms. The number of aliphatic carboxylic acids is 1. The van der Waals surface area contributed by atoms with E-state index in [4.69, 9.17) is 14.9 Å². The third-order valence-electron chi connectivity index (χ3n) is 2.00. The van der Waals surface area contributed by atoms with E-state index in [1.165, 1.54) is 12.1 Å². The number of carboxylic acid groups (broad SMARTS) is 1. The summed E-state index contributed by atoms with van der Waals surface area (Å²) < 4.78 is 5.09. The van der Waals surface area contributed by atoms with E-state index in [0.29, 0.717) is 12.2 Å². The molecule has 1 aliphatic heterocycles. The van der Waals surface area contributed by atoms with Gasteiger partial charge in [-0.3, -0.25) is 0 Å². The smallest absolute Gasteiger partial charge is 0.345 e. The second-order valence-electron chi connectivity index (χ2n) is 2.94. The molecule has 2 N–H and O–H groups in total. The molecule has 4 nitrogen and oxygen atoms in total. The van der Waals surface area contributed by atoms with Gasteiger partial charge in [0.25, 0.3) is 0 Å². The highest BCUT2D eigenvalue weighted by molar-refractivity contribution is 5.74. The van der Waals surface area contributed by atoms with E-state index in [1.54, 1.807) is 6.07 Å². The van der Waals surface area contributed by atoms with Crippen molar-refractivity contribution in [3.63, 3.8) is 0 Å². The molecule has 0 aromatic heterocycles. The zero-order valence-electron chi connectivity index (χ0n) is 6.73. The molecular formula is C9H8O4. The summed E-state index contributed by atoms with van der Waals surface area (Å²) in [7, 11) is 0. The van der Waals surface area contributed by atoms with Gasteiger partial charge in [-0.1, -0.05) is 6.07 Å². The fourth-order valence-electron chi connectivity index (χ4n) is 1.35. The average molecular weight is 180 g/mol. The van der Waals surface area contributed by atoms with Gasteiger partial charge >= 0.3 is 5.97 Å². The van der Waals surface area contributed by atoms with Crippen LogP contribution >= 0.6 is 0 Å². The number of carboxylic acids is 1. The van der Waals surface area contributed by atoms with Crippen LogP contribution in [0.1, 0.15) is 5.56 Å². The largest absolute Gasteiger partial charge is 0.508 e. The van der Waals surface area contributed by atoms with Gasteiger partial charge < -0.3 is 14.9 Å². The first-order valence-corrected chi connectivity index (χ1v) is 3.88. The van der Waals surface area contributed by atoms with Gasteiger partial charge in [-0.25, -0.2) is 4.79 Å². The predicted molar refractivity (Wildman–Crippen MR) is 43.9 cm³/mol. The number of rotatable bonds is 1. The van der Waals surface area contributed by atoms with Crippen LogP contribution in [0.15, 0.2) is 18.2 Å². The summed E-state index contributed by atoms with van der Waals surface area (Å²) in [5.74, 6) is -0.423. The molecule has 0 amide bonds. The Morgan fingerprint density at radius 1 is 1.54 bits per heavy atom. The van der Waals surface area contributed by atoms with Gasteiger partial charge in [-0.2, -0.15) is 0 Å². The van der Waals surface area contributed by atoms with Crippen LogP contribution in [0.3, 0.4) is 0 Å². The Kier molecular flexibility index (Phi) is 1.62. The average Bonchev–Trinajstić information content (AvgIpc) is 2.46. The number of hydrogen-bond donors (Lipinski definition) is 2. The molecule has 1 aromatic carbocycles. The van der Waals surface area contributed by atoms with E-state index in [0.717, 1.165) is 5.56 Å². The highest BCUT2D eigenvalue weighted by Gasteiger charge is 2.28. The number of phenolic OH excluding ortho intramolecular Hbond substituents is 1. The van der Waals surface area contributed by atoms with Crippen molar-refractivity contribution in [1.29, 1.82) is 0 Å². The van der Waals surface area contributed by atoms with Crippen LogP contribution in [0.5, 0.6) is 11.5 Å². The molecule has 0 fully saturated rings. The number of benzene rings is 1. The molecule has 0 aliphatic carbocycles. The van der Waals surface area contributed by atoms with Crippen molar-refractivity contribution in [2.24, 2.45) is 0 Å². The number of fused-ring (bicyclic) bond motifs is 1. The first-order chi connectivity index (χ1) is 6.16. The predicted octanol–water partition coefficient (Wildman–Crippen LogP) is 0.780. The van der Waals surface area contributed by atoms with Crippen LogP contribution in [0, 0.1) is 0 Å². The van der Waals surface area contributed by atoms with Gasteiger partial charge in [0.15, 0.2) is 6.10 Å². The summed E-state index contributed by atoms with van der Waals surface area (Å²) in [5.41, 5.74) is 0.824. The summed E-state index contributed by atoms with van der Waals surface area (Å²) in [6, 6.07) is 4.62. The molecule has 2 rings (SSSR count). The number of aromatic hydroxyl groups is 1. The first-order valence-electron chi connectivity index (χ1n) is 3.88.